The second kappa shape index (κ2) is 7.26. The number of imidazole rings is 1. The molecule has 0 N–H and O–H groups in total. The number of nitrogens with zero attached hydrogens (tertiary/aromatic N) is 4. The molecule has 0 aliphatic rings. The third kappa shape index (κ3) is 4.16. The molecule has 3 aromatic rings. The van der Waals surface area contributed by atoms with E-state index in [9.17, 15) is 26.3 Å². The van der Waals surface area contributed by atoms with E-state index in [-0.39, 0.29) is 23.4 Å². The summed E-state index contributed by atoms with van der Waals surface area (Å²) in [4.78, 5) is 7.10. The van der Waals surface area contributed by atoms with Gasteiger partial charge in [-0.25, -0.2) is 18.9 Å². The number of pyridine rings is 1. The van der Waals surface area contributed by atoms with Crippen molar-refractivity contribution in [3.05, 3.63) is 42.2 Å². The maximum atomic E-state index is 14.0. The summed E-state index contributed by atoms with van der Waals surface area (Å²) < 4.78 is 88.0. The highest BCUT2D eigenvalue weighted by Crippen LogP contribution is 2.29. The molecule has 3 rings (SSSR count). The van der Waals surface area contributed by atoms with Gasteiger partial charge in [-0.05, 0) is 25.1 Å². The van der Waals surface area contributed by atoms with E-state index in [0.717, 1.165) is 23.0 Å². The monoisotopic (exact) mass is 406 g/mol. The lowest BCUT2D eigenvalue weighted by molar-refractivity contribution is -0.252. The molecule has 12 heteroatoms. The van der Waals surface area contributed by atoms with Crippen LogP contribution in [0.4, 0.5) is 26.3 Å². The Kier molecular flexibility index (Phi) is 5.15. The molecule has 0 aliphatic heterocycles. The molecule has 0 radical (unpaired) electrons. The van der Waals surface area contributed by atoms with Gasteiger partial charge < -0.3 is 9.47 Å². The number of ether oxygens (including phenoxy) is 2. The molecule has 0 atom stereocenters. The average molecular weight is 406 g/mol. The molecule has 150 valence electrons. The molecule has 0 saturated carbocycles. The van der Waals surface area contributed by atoms with Crippen LogP contribution in [-0.2, 0) is 10.8 Å². The number of hydrogen-bond donors (Lipinski definition) is 0. The van der Waals surface area contributed by atoms with Gasteiger partial charge in [0.05, 0.1) is 24.0 Å². The van der Waals surface area contributed by atoms with Crippen molar-refractivity contribution in [3.8, 4) is 17.1 Å². The predicted molar refractivity (Wildman–Crippen MR) is 83.2 cm³/mol. The highest BCUT2D eigenvalue weighted by atomic mass is 19.4. The highest BCUT2D eigenvalue weighted by Gasteiger charge is 2.38. The maximum absolute atomic E-state index is 14.0. The highest BCUT2D eigenvalue weighted by molar-refractivity contribution is 5.60. The Labute approximate surface area is 153 Å². The Morgan fingerprint density at radius 1 is 1.07 bits per heavy atom. The fourth-order valence-electron chi connectivity index (χ4n) is 2.30. The molecule has 0 unspecified atom stereocenters. The van der Waals surface area contributed by atoms with Crippen molar-refractivity contribution in [2.45, 2.75) is 19.2 Å². The van der Waals surface area contributed by atoms with Crippen molar-refractivity contribution >= 4 is 5.52 Å². The molecule has 0 amide bonds. The van der Waals surface area contributed by atoms with Crippen LogP contribution < -0.4 is 4.74 Å². The lowest BCUT2D eigenvalue weighted by Gasteiger charge is -2.14. The number of alkyl halides is 5. The fourth-order valence-corrected chi connectivity index (χ4v) is 2.30. The van der Waals surface area contributed by atoms with Crippen molar-refractivity contribution in [2.75, 3.05) is 13.2 Å². The largest absolute Gasteiger partial charge is 0.466 e. The molecule has 0 aliphatic carbocycles. The summed E-state index contributed by atoms with van der Waals surface area (Å²) in [6.07, 6.45) is -6.18. The number of fused-ring (bicyclic) bond motifs is 1. The van der Waals surface area contributed by atoms with E-state index in [0.29, 0.717) is 0 Å². The lowest BCUT2D eigenvalue weighted by atomic mass is 10.2. The van der Waals surface area contributed by atoms with E-state index < -0.39 is 36.4 Å². The first kappa shape index (κ1) is 19.9. The third-order valence-electron chi connectivity index (χ3n) is 3.45. The first-order valence-electron chi connectivity index (χ1n) is 7.83. The minimum atomic E-state index is -4.65. The van der Waals surface area contributed by atoms with Crippen LogP contribution in [0.1, 0.15) is 12.7 Å². The van der Waals surface area contributed by atoms with Crippen LogP contribution in [0.5, 0.6) is 5.88 Å². The van der Waals surface area contributed by atoms with Gasteiger partial charge in [0.25, 0.3) is 5.88 Å². The van der Waals surface area contributed by atoms with Crippen LogP contribution >= 0.6 is 0 Å². The molecule has 3 aromatic heterocycles. The van der Waals surface area contributed by atoms with Crippen LogP contribution in [0, 0.1) is 5.82 Å². The average Bonchev–Trinajstić information content (AvgIpc) is 3.04. The minimum absolute atomic E-state index is 0.0350. The summed E-state index contributed by atoms with van der Waals surface area (Å²) >= 11 is 0. The van der Waals surface area contributed by atoms with Crippen molar-refractivity contribution in [3.63, 3.8) is 0 Å². The van der Waals surface area contributed by atoms with E-state index >= 15 is 0 Å². The van der Waals surface area contributed by atoms with Gasteiger partial charge >= 0.3 is 12.3 Å². The molecule has 3 heterocycles. The van der Waals surface area contributed by atoms with E-state index in [2.05, 4.69) is 24.5 Å². The van der Waals surface area contributed by atoms with Gasteiger partial charge in [0.15, 0.2) is 12.4 Å². The summed E-state index contributed by atoms with van der Waals surface area (Å²) in [5.74, 6) is -2.77. The smallest absolute Gasteiger partial charge is 0.422 e. The van der Waals surface area contributed by atoms with Crippen LogP contribution in [0.25, 0.3) is 16.8 Å². The van der Waals surface area contributed by atoms with E-state index in [4.69, 9.17) is 0 Å². The van der Waals surface area contributed by atoms with Gasteiger partial charge in [0.2, 0.25) is 5.82 Å². The molecular weight excluding hydrogens is 394 g/mol. The molecule has 0 fully saturated rings. The molecule has 0 spiro atoms. The number of halogens is 6. The Morgan fingerprint density at radius 3 is 2.46 bits per heavy atom. The summed E-state index contributed by atoms with van der Waals surface area (Å²) in [5, 5.41) is 3.98. The second-order valence-electron chi connectivity index (χ2n) is 5.50. The first-order chi connectivity index (χ1) is 13.1. The van der Waals surface area contributed by atoms with Gasteiger partial charge in [-0.1, -0.05) is 0 Å². The van der Waals surface area contributed by atoms with Crippen molar-refractivity contribution in [1.82, 2.24) is 19.6 Å². The van der Waals surface area contributed by atoms with Gasteiger partial charge in [-0.3, -0.25) is 0 Å². The zero-order chi connectivity index (χ0) is 20.5. The topological polar surface area (TPSA) is 61.5 Å². The van der Waals surface area contributed by atoms with E-state index in [1.807, 2.05) is 0 Å². The first-order valence-corrected chi connectivity index (χ1v) is 7.83. The Morgan fingerprint density at radius 2 is 1.82 bits per heavy atom. The Bertz CT molecular complexity index is 989. The van der Waals surface area contributed by atoms with Gasteiger partial charge in [-0.2, -0.15) is 27.1 Å². The minimum Gasteiger partial charge on any atom is -0.466 e. The summed E-state index contributed by atoms with van der Waals surface area (Å²) in [7, 11) is 0. The number of hydrogen-bond acceptors (Lipinski definition) is 5. The molecule has 0 saturated heterocycles. The third-order valence-corrected chi connectivity index (χ3v) is 3.45. The molecule has 0 bridgehead atoms. The standard InChI is InChI=1S/C16H12F6N4O2/c1-2-28-16(21,22)14-24-7-10-3-4-12(25-26(10)14)9-5-11(17)13(23-6-9)27-8-15(18,19)20/h3-7H,2,8H2,1H3. The van der Waals surface area contributed by atoms with Crippen LogP contribution in [-0.4, -0.2) is 39.0 Å². The fraction of sp³-hybridized carbons (Fsp3) is 0.312. The second-order valence-corrected chi connectivity index (χ2v) is 5.50. The Balaban J connectivity index is 1.94. The van der Waals surface area contributed by atoms with Crippen LogP contribution in [0.15, 0.2) is 30.6 Å². The quantitative estimate of drug-likeness (QED) is 0.580. The molecule has 6 nitrogen and oxygen atoms in total. The molecular formula is C16H12F6N4O2. The number of rotatable bonds is 6. The van der Waals surface area contributed by atoms with Crippen molar-refractivity contribution < 1.29 is 35.8 Å². The Hall–Kier alpha value is -2.89. The molecule has 0 aromatic carbocycles. The zero-order valence-corrected chi connectivity index (χ0v) is 14.2. The van der Waals surface area contributed by atoms with Gasteiger partial charge in [0, 0.05) is 11.8 Å². The van der Waals surface area contributed by atoms with E-state index in [1.54, 1.807) is 0 Å². The normalized spacial score (nSPS) is 12.5. The summed E-state index contributed by atoms with van der Waals surface area (Å²) in [6, 6.07) is 3.64. The maximum Gasteiger partial charge on any atom is 0.422 e. The predicted octanol–water partition coefficient (Wildman–Crippen LogP) is 3.96. The summed E-state index contributed by atoms with van der Waals surface area (Å²) in [5.41, 5.74) is 0.308. The zero-order valence-electron chi connectivity index (χ0n) is 14.2. The van der Waals surface area contributed by atoms with Crippen LogP contribution in [0.3, 0.4) is 0 Å². The SMILES string of the molecule is CCOC(F)(F)c1ncc2ccc(-c3cnc(OCC(F)(F)F)c(F)c3)nn12. The van der Waals surface area contributed by atoms with Crippen molar-refractivity contribution in [1.29, 1.82) is 0 Å². The van der Waals surface area contributed by atoms with E-state index in [1.165, 1.54) is 19.1 Å². The lowest BCUT2D eigenvalue weighted by Crippen LogP contribution is -2.22. The number of aromatic nitrogens is 4. The van der Waals surface area contributed by atoms with Crippen LogP contribution in [0.2, 0.25) is 0 Å². The van der Waals surface area contributed by atoms with Gasteiger partial charge in [0.1, 0.15) is 0 Å². The van der Waals surface area contributed by atoms with Crippen molar-refractivity contribution in [2.24, 2.45) is 0 Å². The molecule has 28 heavy (non-hydrogen) atoms. The van der Waals surface area contributed by atoms with Gasteiger partial charge in [-0.15, -0.1) is 0 Å². The summed E-state index contributed by atoms with van der Waals surface area (Å²) in [6.45, 7) is -0.582.